The van der Waals surface area contributed by atoms with Crippen molar-refractivity contribution in [1.82, 2.24) is 4.98 Å². The predicted molar refractivity (Wildman–Crippen MR) is 75.2 cm³/mol. The van der Waals surface area contributed by atoms with E-state index in [0.717, 1.165) is 37.9 Å². The van der Waals surface area contributed by atoms with Gasteiger partial charge < -0.3 is 9.64 Å². The van der Waals surface area contributed by atoms with Crippen molar-refractivity contribution < 1.29 is 9.13 Å². The Bertz CT molecular complexity index is 405. The molecule has 2 rings (SSSR count). The fraction of sp³-hybridized carbons (Fsp3) is 0.667. The van der Waals surface area contributed by atoms with Crippen LogP contribution in [0.2, 0.25) is 0 Å². The van der Waals surface area contributed by atoms with Crippen LogP contribution in [0.25, 0.3) is 0 Å². The minimum atomic E-state index is -0.200. The molecule has 0 saturated carbocycles. The molecular weight excluding hydrogens is 243 g/mol. The highest BCUT2D eigenvalue weighted by Gasteiger charge is 2.18. The number of hydrogen-bond acceptors (Lipinski definition) is 3. The number of ether oxygens (including phenoxy) is 1. The fourth-order valence-electron chi connectivity index (χ4n) is 2.63. The highest BCUT2D eigenvalue weighted by atomic mass is 19.1. The summed E-state index contributed by atoms with van der Waals surface area (Å²) in [5, 5.41) is 0. The smallest absolute Gasteiger partial charge is 0.165 e. The topological polar surface area (TPSA) is 25.4 Å². The van der Waals surface area contributed by atoms with Crippen LogP contribution in [0.15, 0.2) is 12.3 Å². The second-order valence-corrected chi connectivity index (χ2v) is 5.07. The maximum atomic E-state index is 14.2. The zero-order valence-corrected chi connectivity index (χ0v) is 11.9. The lowest BCUT2D eigenvalue weighted by Crippen LogP contribution is -2.37. The van der Waals surface area contributed by atoms with Gasteiger partial charge in [0.15, 0.2) is 11.6 Å². The molecule has 106 valence electrons. The monoisotopic (exact) mass is 266 g/mol. The Kier molecular flexibility index (Phi) is 5.14. The van der Waals surface area contributed by atoms with E-state index in [1.807, 2.05) is 11.1 Å². The summed E-state index contributed by atoms with van der Waals surface area (Å²) in [5.41, 5.74) is 1.03. The zero-order chi connectivity index (χ0) is 13.7. The van der Waals surface area contributed by atoms with Gasteiger partial charge in [-0.3, -0.25) is 0 Å². The first-order chi connectivity index (χ1) is 9.26. The molecule has 1 fully saturated rings. The summed E-state index contributed by atoms with van der Waals surface area (Å²) in [6.07, 6.45) is 5.09. The standard InChI is InChI=1S/C15H23FN2O/c1-3-5-12(4-2)13-10-14(16)15(17-11-13)18-6-8-19-9-7-18/h10-12H,3-9H2,1-2H3. The lowest BCUT2D eigenvalue weighted by molar-refractivity contribution is 0.122. The molecule has 1 atom stereocenters. The number of nitrogens with zero attached hydrogens (tertiary/aromatic N) is 2. The van der Waals surface area contributed by atoms with Crippen molar-refractivity contribution >= 4 is 5.82 Å². The van der Waals surface area contributed by atoms with E-state index < -0.39 is 0 Å². The SMILES string of the molecule is CCCC(CC)c1cnc(N2CCOCC2)c(F)c1. The number of anilines is 1. The van der Waals surface area contributed by atoms with Crippen molar-refractivity contribution in [3.8, 4) is 0 Å². The summed E-state index contributed by atoms with van der Waals surface area (Å²) in [5.74, 6) is 0.693. The van der Waals surface area contributed by atoms with Crippen LogP contribution in [-0.2, 0) is 4.74 Å². The third-order valence-electron chi connectivity index (χ3n) is 3.75. The molecule has 4 heteroatoms. The van der Waals surface area contributed by atoms with E-state index in [0.29, 0.717) is 24.9 Å². The van der Waals surface area contributed by atoms with Gasteiger partial charge in [0.1, 0.15) is 0 Å². The van der Waals surface area contributed by atoms with Gasteiger partial charge in [-0.25, -0.2) is 9.37 Å². The highest BCUT2D eigenvalue weighted by Crippen LogP contribution is 2.27. The summed E-state index contributed by atoms with van der Waals surface area (Å²) in [6.45, 7) is 7.04. The number of hydrogen-bond donors (Lipinski definition) is 0. The van der Waals surface area contributed by atoms with Gasteiger partial charge in [-0.2, -0.15) is 0 Å². The van der Waals surface area contributed by atoms with Crippen molar-refractivity contribution in [2.24, 2.45) is 0 Å². The summed E-state index contributed by atoms with van der Waals surface area (Å²) < 4.78 is 19.5. The Morgan fingerprint density at radius 2 is 2.11 bits per heavy atom. The second-order valence-electron chi connectivity index (χ2n) is 5.07. The van der Waals surface area contributed by atoms with Crippen LogP contribution in [0, 0.1) is 5.82 Å². The molecule has 0 aliphatic carbocycles. The van der Waals surface area contributed by atoms with Gasteiger partial charge in [0.2, 0.25) is 0 Å². The summed E-state index contributed by atoms with van der Waals surface area (Å²) in [7, 11) is 0. The minimum absolute atomic E-state index is 0.200. The summed E-state index contributed by atoms with van der Waals surface area (Å²) in [4.78, 5) is 6.31. The average molecular weight is 266 g/mol. The first kappa shape index (κ1) is 14.3. The Hall–Kier alpha value is -1.16. The lowest BCUT2D eigenvalue weighted by atomic mass is 9.93. The average Bonchev–Trinajstić information content (AvgIpc) is 2.45. The Morgan fingerprint density at radius 1 is 1.37 bits per heavy atom. The van der Waals surface area contributed by atoms with Crippen LogP contribution < -0.4 is 4.90 Å². The van der Waals surface area contributed by atoms with Crippen molar-refractivity contribution in [2.45, 2.75) is 39.0 Å². The number of rotatable bonds is 5. The third-order valence-corrected chi connectivity index (χ3v) is 3.75. The number of morpholine rings is 1. The zero-order valence-electron chi connectivity index (χ0n) is 11.9. The number of halogens is 1. The van der Waals surface area contributed by atoms with Gasteiger partial charge in [-0.1, -0.05) is 20.3 Å². The largest absolute Gasteiger partial charge is 0.378 e. The second kappa shape index (κ2) is 6.85. The van der Waals surface area contributed by atoms with Gasteiger partial charge in [0.05, 0.1) is 13.2 Å². The Labute approximate surface area is 114 Å². The van der Waals surface area contributed by atoms with Crippen molar-refractivity contribution in [3.05, 3.63) is 23.6 Å². The maximum Gasteiger partial charge on any atom is 0.165 e. The van der Waals surface area contributed by atoms with Crippen LogP contribution in [-0.4, -0.2) is 31.3 Å². The van der Waals surface area contributed by atoms with Crippen LogP contribution in [0.4, 0.5) is 10.2 Å². The molecule has 0 spiro atoms. The lowest BCUT2D eigenvalue weighted by Gasteiger charge is -2.28. The van der Waals surface area contributed by atoms with E-state index in [2.05, 4.69) is 18.8 Å². The molecule has 2 heterocycles. The molecule has 0 radical (unpaired) electrons. The van der Waals surface area contributed by atoms with Crippen molar-refractivity contribution in [3.63, 3.8) is 0 Å². The van der Waals surface area contributed by atoms with Gasteiger partial charge in [0, 0.05) is 19.3 Å². The maximum absolute atomic E-state index is 14.2. The fourth-order valence-corrected chi connectivity index (χ4v) is 2.63. The van der Waals surface area contributed by atoms with Crippen LogP contribution in [0.5, 0.6) is 0 Å². The Balaban J connectivity index is 2.15. The predicted octanol–water partition coefficient (Wildman–Crippen LogP) is 3.35. The molecule has 3 nitrogen and oxygen atoms in total. The number of pyridine rings is 1. The van der Waals surface area contributed by atoms with Crippen LogP contribution in [0.1, 0.15) is 44.6 Å². The normalized spacial score (nSPS) is 17.5. The van der Waals surface area contributed by atoms with E-state index in [-0.39, 0.29) is 5.82 Å². The number of aromatic nitrogens is 1. The first-order valence-electron chi connectivity index (χ1n) is 7.24. The molecule has 0 aromatic carbocycles. The molecule has 1 unspecified atom stereocenters. The molecule has 1 aliphatic rings. The molecule has 0 amide bonds. The van der Waals surface area contributed by atoms with Crippen molar-refractivity contribution in [2.75, 3.05) is 31.2 Å². The van der Waals surface area contributed by atoms with E-state index in [9.17, 15) is 4.39 Å². The summed E-state index contributed by atoms with van der Waals surface area (Å²) in [6, 6.07) is 1.67. The molecule has 1 aliphatic heterocycles. The van der Waals surface area contributed by atoms with Gasteiger partial charge in [0.25, 0.3) is 0 Å². The Morgan fingerprint density at radius 3 is 2.68 bits per heavy atom. The first-order valence-corrected chi connectivity index (χ1v) is 7.24. The molecule has 0 N–H and O–H groups in total. The molecule has 0 bridgehead atoms. The molecule has 19 heavy (non-hydrogen) atoms. The van der Waals surface area contributed by atoms with Crippen LogP contribution in [0.3, 0.4) is 0 Å². The van der Waals surface area contributed by atoms with E-state index in [1.54, 1.807) is 6.07 Å². The van der Waals surface area contributed by atoms with Gasteiger partial charge >= 0.3 is 0 Å². The van der Waals surface area contributed by atoms with Gasteiger partial charge in [-0.05, 0) is 30.4 Å². The van der Waals surface area contributed by atoms with E-state index in [1.165, 1.54) is 0 Å². The van der Waals surface area contributed by atoms with E-state index >= 15 is 0 Å². The summed E-state index contributed by atoms with van der Waals surface area (Å²) >= 11 is 0. The molecular formula is C15H23FN2O. The molecule has 1 aromatic heterocycles. The van der Waals surface area contributed by atoms with Crippen LogP contribution >= 0.6 is 0 Å². The highest BCUT2D eigenvalue weighted by molar-refractivity contribution is 5.42. The quantitative estimate of drug-likeness (QED) is 0.817. The van der Waals surface area contributed by atoms with Crippen molar-refractivity contribution in [1.29, 1.82) is 0 Å². The minimum Gasteiger partial charge on any atom is -0.378 e. The third kappa shape index (κ3) is 3.44. The molecule has 1 aromatic rings. The van der Waals surface area contributed by atoms with Gasteiger partial charge in [-0.15, -0.1) is 0 Å². The molecule has 1 saturated heterocycles. The van der Waals surface area contributed by atoms with E-state index in [4.69, 9.17) is 4.74 Å².